The molecule has 0 spiro atoms. The van der Waals surface area contributed by atoms with Gasteiger partial charge in [-0.2, -0.15) is 0 Å². The molecule has 0 atom stereocenters. The lowest BCUT2D eigenvalue weighted by atomic mass is 10.0. The molecule has 2 N–H and O–H groups in total. The Morgan fingerprint density at radius 2 is 2.00 bits per heavy atom. The van der Waals surface area contributed by atoms with E-state index < -0.39 is 0 Å². The van der Waals surface area contributed by atoms with Crippen LogP contribution in [0, 0.1) is 0 Å². The van der Waals surface area contributed by atoms with Gasteiger partial charge in [0.1, 0.15) is 5.75 Å². The quantitative estimate of drug-likeness (QED) is 0.751. The molecule has 0 bridgehead atoms. The van der Waals surface area contributed by atoms with Gasteiger partial charge in [-0.1, -0.05) is 30.3 Å². The highest BCUT2D eigenvalue weighted by Gasteiger charge is 2.07. The van der Waals surface area contributed by atoms with Gasteiger partial charge in [-0.25, -0.2) is 0 Å². The number of aliphatic hydroxyl groups excluding tert-OH is 1. The molecule has 0 aliphatic carbocycles. The van der Waals surface area contributed by atoms with Crippen molar-refractivity contribution in [2.75, 3.05) is 19.8 Å². The Morgan fingerprint density at radius 3 is 2.79 bits per heavy atom. The fourth-order valence-electron chi connectivity index (χ4n) is 2.21. The highest BCUT2D eigenvalue weighted by molar-refractivity contribution is 5.87. The number of ether oxygens (including phenoxy) is 1. The summed E-state index contributed by atoms with van der Waals surface area (Å²) in [5.74, 6) is 0.942. The van der Waals surface area contributed by atoms with Gasteiger partial charge in [0.05, 0.1) is 6.61 Å². The Balaban J connectivity index is 2.27. The average molecular weight is 259 g/mol. The van der Waals surface area contributed by atoms with Crippen molar-refractivity contribution in [3.05, 3.63) is 42.0 Å². The third kappa shape index (κ3) is 3.46. The lowest BCUT2D eigenvalue weighted by molar-refractivity contribution is 0.285. The van der Waals surface area contributed by atoms with Gasteiger partial charge in [0.15, 0.2) is 0 Å². The summed E-state index contributed by atoms with van der Waals surface area (Å²) in [5, 5.41) is 14.6. The maximum Gasteiger partial charge on any atom is 0.124 e. The van der Waals surface area contributed by atoms with Crippen molar-refractivity contribution in [2.24, 2.45) is 0 Å². The molecule has 19 heavy (non-hydrogen) atoms. The second kappa shape index (κ2) is 7.12. The minimum absolute atomic E-state index is 0.223. The zero-order valence-corrected chi connectivity index (χ0v) is 11.4. The first-order valence-corrected chi connectivity index (χ1v) is 6.81. The molecule has 3 nitrogen and oxygen atoms in total. The number of fused-ring (bicyclic) bond motifs is 1. The second-order valence-corrected chi connectivity index (χ2v) is 4.45. The molecule has 0 unspecified atom stereocenters. The molecule has 2 aromatic rings. The maximum absolute atomic E-state index is 8.81. The first-order valence-electron chi connectivity index (χ1n) is 6.81. The van der Waals surface area contributed by atoms with Crippen molar-refractivity contribution in [3.63, 3.8) is 0 Å². The van der Waals surface area contributed by atoms with Crippen LogP contribution in [0.15, 0.2) is 36.4 Å². The van der Waals surface area contributed by atoms with E-state index in [1.807, 2.05) is 19.1 Å². The predicted octanol–water partition coefficient (Wildman–Crippen LogP) is 2.71. The van der Waals surface area contributed by atoms with Crippen molar-refractivity contribution >= 4 is 10.8 Å². The Kier molecular flexibility index (Phi) is 5.19. The molecule has 0 aliphatic rings. The van der Waals surface area contributed by atoms with Gasteiger partial charge >= 0.3 is 0 Å². The van der Waals surface area contributed by atoms with Gasteiger partial charge in [-0.3, -0.25) is 0 Å². The summed E-state index contributed by atoms with van der Waals surface area (Å²) in [7, 11) is 0. The average Bonchev–Trinajstić information content (AvgIpc) is 2.45. The summed E-state index contributed by atoms with van der Waals surface area (Å²) in [6.07, 6.45) is 0.773. The molecular weight excluding hydrogens is 238 g/mol. The Labute approximate surface area is 114 Å². The van der Waals surface area contributed by atoms with Crippen molar-refractivity contribution < 1.29 is 9.84 Å². The van der Waals surface area contributed by atoms with Crippen molar-refractivity contribution in [1.29, 1.82) is 0 Å². The summed E-state index contributed by atoms with van der Waals surface area (Å²) in [6, 6.07) is 12.5. The van der Waals surface area contributed by atoms with Crippen LogP contribution in [0.4, 0.5) is 0 Å². The molecule has 2 aromatic carbocycles. The largest absolute Gasteiger partial charge is 0.494 e. The van der Waals surface area contributed by atoms with Crippen molar-refractivity contribution in [2.45, 2.75) is 19.9 Å². The van der Waals surface area contributed by atoms with E-state index in [1.165, 1.54) is 16.3 Å². The van der Waals surface area contributed by atoms with Crippen LogP contribution in [-0.4, -0.2) is 24.9 Å². The predicted molar refractivity (Wildman–Crippen MR) is 78.5 cm³/mol. The summed E-state index contributed by atoms with van der Waals surface area (Å²) >= 11 is 0. The summed E-state index contributed by atoms with van der Waals surface area (Å²) in [6.45, 7) is 4.46. The SMILES string of the molecule is CCOc1ccc2ccccc2c1CNCCCO. The first kappa shape index (κ1) is 13.8. The Bertz CT molecular complexity index is 525. The van der Waals surface area contributed by atoms with Crippen LogP contribution in [0.1, 0.15) is 18.9 Å². The van der Waals surface area contributed by atoms with E-state index >= 15 is 0 Å². The molecule has 2 rings (SSSR count). The van der Waals surface area contributed by atoms with Crippen LogP contribution < -0.4 is 10.1 Å². The van der Waals surface area contributed by atoms with Crippen LogP contribution >= 0.6 is 0 Å². The van der Waals surface area contributed by atoms with E-state index in [0.717, 1.165) is 25.3 Å². The van der Waals surface area contributed by atoms with Gasteiger partial charge in [-0.05, 0) is 36.7 Å². The van der Waals surface area contributed by atoms with E-state index in [4.69, 9.17) is 9.84 Å². The zero-order valence-electron chi connectivity index (χ0n) is 11.4. The number of hydrogen-bond acceptors (Lipinski definition) is 3. The number of rotatable bonds is 7. The highest BCUT2D eigenvalue weighted by atomic mass is 16.5. The summed E-state index contributed by atoms with van der Waals surface area (Å²) in [5.41, 5.74) is 1.19. The van der Waals surface area contributed by atoms with Gasteiger partial charge in [0.25, 0.3) is 0 Å². The fourth-order valence-corrected chi connectivity index (χ4v) is 2.21. The van der Waals surface area contributed by atoms with Gasteiger partial charge in [-0.15, -0.1) is 0 Å². The molecule has 0 saturated heterocycles. The Hall–Kier alpha value is -1.58. The van der Waals surface area contributed by atoms with Crippen LogP contribution in [0.5, 0.6) is 5.75 Å². The number of aliphatic hydroxyl groups is 1. The molecule has 0 aromatic heterocycles. The summed E-state index contributed by atoms with van der Waals surface area (Å²) < 4.78 is 5.71. The molecular formula is C16H21NO2. The van der Waals surface area contributed by atoms with Gasteiger partial charge < -0.3 is 15.2 Å². The monoisotopic (exact) mass is 259 g/mol. The number of hydrogen-bond donors (Lipinski definition) is 2. The molecule has 0 saturated carbocycles. The van der Waals surface area contributed by atoms with E-state index in [-0.39, 0.29) is 6.61 Å². The molecule has 0 amide bonds. The zero-order chi connectivity index (χ0) is 13.5. The van der Waals surface area contributed by atoms with Crippen LogP contribution in [0.25, 0.3) is 10.8 Å². The van der Waals surface area contributed by atoms with E-state index in [2.05, 4.69) is 29.6 Å². The van der Waals surface area contributed by atoms with E-state index in [1.54, 1.807) is 0 Å². The van der Waals surface area contributed by atoms with Crippen LogP contribution in [-0.2, 0) is 6.54 Å². The van der Waals surface area contributed by atoms with E-state index in [0.29, 0.717) is 6.61 Å². The van der Waals surface area contributed by atoms with Gasteiger partial charge in [0, 0.05) is 18.7 Å². The molecule has 0 radical (unpaired) electrons. The highest BCUT2D eigenvalue weighted by Crippen LogP contribution is 2.28. The maximum atomic E-state index is 8.81. The minimum Gasteiger partial charge on any atom is -0.494 e. The fraction of sp³-hybridized carbons (Fsp3) is 0.375. The Morgan fingerprint density at radius 1 is 1.16 bits per heavy atom. The van der Waals surface area contributed by atoms with Crippen molar-refractivity contribution in [3.8, 4) is 5.75 Å². The smallest absolute Gasteiger partial charge is 0.124 e. The topological polar surface area (TPSA) is 41.5 Å². The van der Waals surface area contributed by atoms with Crippen molar-refractivity contribution in [1.82, 2.24) is 5.32 Å². The molecule has 102 valence electrons. The lowest BCUT2D eigenvalue weighted by Crippen LogP contribution is -2.16. The van der Waals surface area contributed by atoms with Crippen LogP contribution in [0.3, 0.4) is 0 Å². The molecule has 3 heteroatoms. The standard InChI is InChI=1S/C16H21NO2/c1-2-19-16-9-8-13-6-3-4-7-14(13)15(16)12-17-10-5-11-18/h3-4,6-9,17-18H,2,5,10-12H2,1H3. The lowest BCUT2D eigenvalue weighted by Gasteiger charge is -2.14. The third-order valence-electron chi connectivity index (χ3n) is 3.11. The normalized spacial score (nSPS) is 10.8. The third-order valence-corrected chi connectivity index (χ3v) is 3.11. The first-order chi connectivity index (χ1) is 9.36. The minimum atomic E-state index is 0.223. The number of nitrogens with one attached hydrogen (secondary N) is 1. The molecule has 0 heterocycles. The van der Waals surface area contributed by atoms with E-state index in [9.17, 15) is 0 Å². The second-order valence-electron chi connectivity index (χ2n) is 4.45. The molecule has 0 fully saturated rings. The molecule has 0 aliphatic heterocycles. The van der Waals surface area contributed by atoms with Gasteiger partial charge in [0.2, 0.25) is 0 Å². The summed E-state index contributed by atoms with van der Waals surface area (Å²) in [4.78, 5) is 0. The number of benzene rings is 2. The van der Waals surface area contributed by atoms with Crippen LogP contribution in [0.2, 0.25) is 0 Å².